The fourth-order valence-corrected chi connectivity index (χ4v) is 3.46. The summed E-state index contributed by atoms with van der Waals surface area (Å²) in [4.78, 5) is 25.4. The second kappa shape index (κ2) is 7.61. The van der Waals surface area contributed by atoms with E-state index in [0.29, 0.717) is 17.5 Å². The van der Waals surface area contributed by atoms with Crippen LogP contribution in [0.4, 0.5) is 5.95 Å². The van der Waals surface area contributed by atoms with Crippen molar-refractivity contribution in [2.45, 2.75) is 25.8 Å². The molecule has 140 valence electrons. The SMILES string of the molecule is COc1nc(N2CCC(N(C)C(=O)c3cc(C)n(C)n3)CC2)ncc1Br. The molecule has 0 radical (unpaired) electrons. The summed E-state index contributed by atoms with van der Waals surface area (Å²) in [6, 6.07) is 2.01. The van der Waals surface area contributed by atoms with Gasteiger partial charge in [0.2, 0.25) is 11.8 Å². The normalized spacial score (nSPS) is 15.2. The smallest absolute Gasteiger partial charge is 0.274 e. The van der Waals surface area contributed by atoms with Gasteiger partial charge >= 0.3 is 0 Å². The molecule has 1 saturated heterocycles. The Morgan fingerprint density at radius 1 is 1.38 bits per heavy atom. The molecular formula is C17H23BrN6O2. The van der Waals surface area contributed by atoms with Crippen LogP contribution < -0.4 is 9.64 Å². The standard InChI is InChI=1S/C17H23BrN6O2/c1-11-9-14(21-23(11)3)16(25)22(2)12-5-7-24(8-6-12)17-19-10-13(18)15(20-17)26-4/h9-10,12H,5-8H2,1-4H3. The van der Waals surface area contributed by atoms with E-state index in [0.717, 1.165) is 36.1 Å². The van der Waals surface area contributed by atoms with Crippen molar-refractivity contribution in [1.82, 2.24) is 24.6 Å². The molecule has 0 N–H and O–H groups in total. The van der Waals surface area contributed by atoms with E-state index >= 15 is 0 Å². The van der Waals surface area contributed by atoms with Gasteiger partial charge in [-0.2, -0.15) is 10.1 Å². The molecule has 0 unspecified atom stereocenters. The molecule has 0 aliphatic carbocycles. The van der Waals surface area contributed by atoms with Crippen LogP contribution in [-0.2, 0) is 7.05 Å². The number of halogens is 1. The van der Waals surface area contributed by atoms with E-state index in [-0.39, 0.29) is 11.9 Å². The number of anilines is 1. The van der Waals surface area contributed by atoms with E-state index < -0.39 is 0 Å². The molecule has 1 fully saturated rings. The Balaban J connectivity index is 1.63. The van der Waals surface area contributed by atoms with Crippen LogP contribution in [0.2, 0.25) is 0 Å². The quantitative estimate of drug-likeness (QED) is 0.749. The molecule has 0 bridgehead atoms. The molecule has 3 heterocycles. The first-order chi connectivity index (χ1) is 12.4. The number of hydrogen-bond acceptors (Lipinski definition) is 6. The molecule has 0 atom stereocenters. The predicted octanol–water partition coefficient (Wildman–Crippen LogP) is 2.03. The van der Waals surface area contributed by atoms with Gasteiger partial charge in [0.05, 0.1) is 17.8 Å². The number of nitrogens with zero attached hydrogens (tertiary/aromatic N) is 6. The zero-order chi connectivity index (χ0) is 18.8. The largest absolute Gasteiger partial charge is 0.480 e. The van der Waals surface area contributed by atoms with Crippen LogP contribution in [0.1, 0.15) is 29.0 Å². The lowest BCUT2D eigenvalue weighted by atomic mass is 10.0. The van der Waals surface area contributed by atoms with E-state index in [2.05, 4.69) is 35.9 Å². The Morgan fingerprint density at radius 2 is 2.08 bits per heavy atom. The molecule has 0 spiro atoms. The van der Waals surface area contributed by atoms with Gasteiger partial charge < -0.3 is 14.5 Å². The highest BCUT2D eigenvalue weighted by Crippen LogP contribution is 2.26. The molecule has 1 aliphatic rings. The first-order valence-electron chi connectivity index (χ1n) is 8.50. The maximum absolute atomic E-state index is 12.7. The third-order valence-corrected chi connectivity index (χ3v) is 5.38. The molecule has 2 aromatic rings. The summed E-state index contributed by atoms with van der Waals surface area (Å²) >= 11 is 3.37. The molecule has 8 nitrogen and oxygen atoms in total. The highest BCUT2D eigenvalue weighted by atomic mass is 79.9. The van der Waals surface area contributed by atoms with Gasteiger partial charge in [-0.15, -0.1) is 0 Å². The number of piperidine rings is 1. The summed E-state index contributed by atoms with van der Waals surface area (Å²) in [5.41, 5.74) is 1.47. The minimum absolute atomic E-state index is 0.0336. The van der Waals surface area contributed by atoms with E-state index in [9.17, 15) is 4.79 Å². The van der Waals surface area contributed by atoms with Crippen LogP contribution in [0.25, 0.3) is 0 Å². The monoisotopic (exact) mass is 422 g/mol. The molecule has 0 saturated carbocycles. The summed E-state index contributed by atoms with van der Waals surface area (Å²) < 4.78 is 7.70. The fraction of sp³-hybridized carbons (Fsp3) is 0.529. The molecule has 0 aromatic carbocycles. The third kappa shape index (κ3) is 3.67. The summed E-state index contributed by atoms with van der Waals surface area (Å²) in [5.74, 6) is 1.14. The predicted molar refractivity (Wildman–Crippen MR) is 102 cm³/mol. The lowest BCUT2D eigenvalue weighted by molar-refractivity contribution is 0.0702. The molecule has 9 heteroatoms. The van der Waals surface area contributed by atoms with Gasteiger partial charge in [-0.3, -0.25) is 9.48 Å². The van der Waals surface area contributed by atoms with Crippen LogP contribution in [0.3, 0.4) is 0 Å². The number of amides is 1. The lowest BCUT2D eigenvalue weighted by Gasteiger charge is -2.36. The van der Waals surface area contributed by atoms with E-state index in [1.165, 1.54) is 0 Å². The lowest BCUT2D eigenvalue weighted by Crippen LogP contribution is -2.46. The van der Waals surface area contributed by atoms with Crippen molar-refractivity contribution in [1.29, 1.82) is 0 Å². The average molecular weight is 423 g/mol. The Morgan fingerprint density at radius 3 is 2.65 bits per heavy atom. The molecule has 2 aromatic heterocycles. The Labute approximate surface area is 161 Å². The maximum Gasteiger partial charge on any atom is 0.274 e. The van der Waals surface area contributed by atoms with Crippen LogP contribution in [0, 0.1) is 6.92 Å². The van der Waals surface area contributed by atoms with Crippen LogP contribution in [0.15, 0.2) is 16.7 Å². The second-order valence-electron chi connectivity index (χ2n) is 6.46. The van der Waals surface area contributed by atoms with Crippen LogP contribution in [-0.4, -0.2) is 63.8 Å². The van der Waals surface area contributed by atoms with Crippen molar-refractivity contribution in [2.75, 3.05) is 32.1 Å². The maximum atomic E-state index is 12.7. The molecule has 1 aliphatic heterocycles. The van der Waals surface area contributed by atoms with Crippen molar-refractivity contribution in [3.63, 3.8) is 0 Å². The number of hydrogen-bond donors (Lipinski definition) is 0. The minimum atomic E-state index is -0.0336. The van der Waals surface area contributed by atoms with Crippen molar-refractivity contribution in [2.24, 2.45) is 7.05 Å². The van der Waals surface area contributed by atoms with Crippen molar-refractivity contribution in [3.8, 4) is 5.88 Å². The molecule has 1 amide bonds. The summed E-state index contributed by atoms with van der Waals surface area (Å²) in [5, 5.41) is 4.29. The first-order valence-corrected chi connectivity index (χ1v) is 9.29. The van der Waals surface area contributed by atoms with E-state index in [4.69, 9.17) is 4.74 Å². The zero-order valence-electron chi connectivity index (χ0n) is 15.4. The molecular weight excluding hydrogens is 400 g/mol. The minimum Gasteiger partial charge on any atom is -0.480 e. The van der Waals surface area contributed by atoms with Gasteiger partial charge in [0.25, 0.3) is 5.91 Å². The van der Waals surface area contributed by atoms with Crippen LogP contribution >= 0.6 is 15.9 Å². The number of ether oxygens (including phenoxy) is 1. The highest BCUT2D eigenvalue weighted by Gasteiger charge is 2.28. The van der Waals surface area contributed by atoms with Gasteiger partial charge in [-0.1, -0.05) is 0 Å². The first kappa shape index (κ1) is 18.6. The van der Waals surface area contributed by atoms with Gasteiger partial charge in [-0.05, 0) is 41.8 Å². The van der Waals surface area contributed by atoms with Gasteiger partial charge in [-0.25, -0.2) is 4.98 Å². The van der Waals surface area contributed by atoms with E-state index in [1.807, 2.05) is 32.0 Å². The fourth-order valence-electron chi connectivity index (χ4n) is 3.10. The number of aromatic nitrogens is 4. The number of rotatable bonds is 4. The Bertz CT molecular complexity index is 781. The average Bonchev–Trinajstić information content (AvgIpc) is 3.00. The van der Waals surface area contributed by atoms with Crippen molar-refractivity contribution >= 4 is 27.8 Å². The Kier molecular flexibility index (Phi) is 5.45. The summed E-state index contributed by atoms with van der Waals surface area (Å²) in [6.45, 7) is 3.51. The third-order valence-electron chi connectivity index (χ3n) is 4.84. The Hall–Kier alpha value is -2.16. The highest BCUT2D eigenvalue weighted by molar-refractivity contribution is 9.10. The molecule has 26 heavy (non-hydrogen) atoms. The topological polar surface area (TPSA) is 76.4 Å². The second-order valence-corrected chi connectivity index (χ2v) is 7.31. The summed E-state index contributed by atoms with van der Waals surface area (Å²) in [6.07, 6.45) is 3.41. The van der Waals surface area contributed by atoms with Crippen LogP contribution in [0.5, 0.6) is 5.88 Å². The number of carbonyl (C=O) groups excluding carboxylic acids is 1. The number of carbonyl (C=O) groups is 1. The van der Waals surface area contributed by atoms with Gasteiger partial charge in [0, 0.05) is 38.9 Å². The summed E-state index contributed by atoms with van der Waals surface area (Å²) in [7, 11) is 5.28. The number of aryl methyl sites for hydroxylation is 2. The van der Waals surface area contributed by atoms with Gasteiger partial charge in [0.15, 0.2) is 5.69 Å². The molecule has 3 rings (SSSR count). The number of methoxy groups -OCH3 is 1. The van der Waals surface area contributed by atoms with Gasteiger partial charge in [0.1, 0.15) is 0 Å². The van der Waals surface area contributed by atoms with Crippen molar-refractivity contribution in [3.05, 3.63) is 28.1 Å². The van der Waals surface area contributed by atoms with Crippen molar-refractivity contribution < 1.29 is 9.53 Å². The zero-order valence-corrected chi connectivity index (χ0v) is 17.0. The van der Waals surface area contributed by atoms with E-state index in [1.54, 1.807) is 18.0 Å².